The van der Waals surface area contributed by atoms with Crippen LogP contribution in [0.1, 0.15) is 0 Å². The molecule has 1 heterocycles. The van der Waals surface area contributed by atoms with E-state index in [1.165, 1.54) is 24.5 Å². The number of anilines is 3. The second kappa shape index (κ2) is 4.85. The fraction of sp³-hybridized carbons (Fsp3) is 0. The fourth-order valence-corrected chi connectivity index (χ4v) is 2.09. The molecule has 0 unspecified atom stereocenters. The summed E-state index contributed by atoms with van der Waals surface area (Å²) in [7, 11) is 0. The number of nitrogens with one attached hydrogen (secondary N) is 1. The molecule has 2 aromatic rings. The Labute approximate surface area is 110 Å². The Balaban J connectivity index is 2.33. The minimum absolute atomic E-state index is 0.246. The largest absolute Gasteiger partial charge is 0.382 e. The maximum atomic E-state index is 13.0. The zero-order valence-corrected chi connectivity index (χ0v) is 10.8. The van der Waals surface area contributed by atoms with E-state index in [0.717, 1.165) is 0 Å². The Morgan fingerprint density at radius 3 is 2.65 bits per heavy atom. The van der Waals surface area contributed by atoms with Gasteiger partial charge in [-0.3, -0.25) is 0 Å². The van der Waals surface area contributed by atoms with E-state index in [-0.39, 0.29) is 5.02 Å². The number of benzene rings is 1. The number of aromatic nitrogens is 2. The molecule has 0 atom stereocenters. The Bertz CT molecular complexity index is 523. The first kappa shape index (κ1) is 12.1. The van der Waals surface area contributed by atoms with E-state index in [9.17, 15) is 4.39 Å². The standard InChI is InChI=1S/C10H7BrClFN4/c11-6-1-5(13)2-7(12)10(6)17-9-4-15-8(14)3-16-9/h1-4H,(H2,14,15)(H,16,17). The minimum atomic E-state index is -0.421. The van der Waals surface area contributed by atoms with Crippen molar-refractivity contribution in [3.8, 4) is 0 Å². The molecule has 0 amide bonds. The summed E-state index contributed by atoms with van der Waals surface area (Å²) in [6, 6.07) is 2.51. The zero-order chi connectivity index (χ0) is 12.4. The lowest BCUT2D eigenvalue weighted by molar-refractivity contribution is 0.627. The molecule has 0 fully saturated rings. The maximum Gasteiger partial charge on any atom is 0.149 e. The third-order valence-electron chi connectivity index (χ3n) is 1.93. The van der Waals surface area contributed by atoms with Crippen molar-refractivity contribution in [3.05, 3.63) is 39.8 Å². The molecule has 3 N–H and O–H groups in total. The third kappa shape index (κ3) is 2.83. The minimum Gasteiger partial charge on any atom is -0.382 e. The van der Waals surface area contributed by atoms with Crippen LogP contribution < -0.4 is 11.1 Å². The highest BCUT2D eigenvalue weighted by Crippen LogP contribution is 2.33. The van der Waals surface area contributed by atoms with Crippen LogP contribution in [0.15, 0.2) is 29.0 Å². The number of hydrogen-bond donors (Lipinski definition) is 2. The van der Waals surface area contributed by atoms with Gasteiger partial charge in [-0.2, -0.15) is 0 Å². The van der Waals surface area contributed by atoms with E-state index in [4.69, 9.17) is 17.3 Å². The van der Waals surface area contributed by atoms with E-state index < -0.39 is 5.82 Å². The molecule has 0 aliphatic heterocycles. The van der Waals surface area contributed by atoms with Crippen LogP contribution in [-0.2, 0) is 0 Å². The molecule has 0 aliphatic carbocycles. The van der Waals surface area contributed by atoms with Crippen LogP contribution in [0, 0.1) is 5.82 Å². The normalized spacial score (nSPS) is 10.3. The lowest BCUT2D eigenvalue weighted by Crippen LogP contribution is -1.98. The van der Waals surface area contributed by atoms with E-state index in [0.29, 0.717) is 21.8 Å². The van der Waals surface area contributed by atoms with Crippen LogP contribution in [0.5, 0.6) is 0 Å². The van der Waals surface area contributed by atoms with Crippen molar-refractivity contribution in [1.82, 2.24) is 9.97 Å². The molecule has 0 radical (unpaired) electrons. The quantitative estimate of drug-likeness (QED) is 0.891. The highest BCUT2D eigenvalue weighted by atomic mass is 79.9. The van der Waals surface area contributed by atoms with Crippen molar-refractivity contribution in [1.29, 1.82) is 0 Å². The molecule has 1 aromatic heterocycles. The fourth-order valence-electron chi connectivity index (χ4n) is 1.19. The Morgan fingerprint density at radius 1 is 1.29 bits per heavy atom. The number of nitrogens with zero attached hydrogens (tertiary/aromatic N) is 2. The summed E-state index contributed by atoms with van der Waals surface area (Å²) in [6.45, 7) is 0. The van der Waals surface area contributed by atoms with Gasteiger partial charge in [-0.25, -0.2) is 14.4 Å². The van der Waals surface area contributed by atoms with Gasteiger partial charge in [0.15, 0.2) is 0 Å². The zero-order valence-electron chi connectivity index (χ0n) is 8.42. The summed E-state index contributed by atoms with van der Waals surface area (Å²) in [5.41, 5.74) is 5.93. The summed E-state index contributed by atoms with van der Waals surface area (Å²) >= 11 is 9.12. The average molecular weight is 318 g/mol. The van der Waals surface area contributed by atoms with Crippen molar-refractivity contribution in [2.75, 3.05) is 11.1 Å². The summed E-state index contributed by atoms with van der Waals surface area (Å²) in [6.07, 6.45) is 2.87. The van der Waals surface area contributed by atoms with Gasteiger partial charge in [-0.05, 0) is 28.1 Å². The molecule has 88 valence electrons. The smallest absolute Gasteiger partial charge is 0.149 e. The monoisotopic (exact) mass is 316 g/mol. The van der Waals surface area contributed by atoms with Crippen LogP contribution in [-0.4, -0.2) is 9.97 Å². The molecule has 1 aromatic carbocycles. The summed E-state index contributed by atoms with van der Waals surface area (Å²) in [5.74, 6) is 0.365. The summed E-state index contributed by atoms with van der Waals surface area (Å²) in [4.78, 5) is 7.88. The molecule has 0 spiro atoms. The SMILES string of the molecule is Nc1cnc(Nc2c(Cl)cc(F)cc2Br)cn1. The van der Waals surface area contributed by atoms with Gasteiger partial charge < -0.3 is 11.1 Å². The number of nitrogen functional groups attached to an aromatic ring is 1. The lowest BCUT2D eigenvalue weighted by Gasteiger charge is -2.09. The van der Waals surface area contributed by atoms with Gasteiger partial charge in [0.25, 0.3) is 0 Å². The number of nitrogens with two attached hydrogens (primary N) is 1. The van der Waals surface area contributed by atoms with Crippen LogP contribution in [0.4, 0.5) is 21.7 Å². The van der Waals surface area contributed by atoms with Gasteiger partial charge >= 0.3 is 0 Å². The first-order valence-corrected chi connectivity index (χ1v) is 5.72. The van der Waals surface area contributed by atoms with Crippen LogP contribution in [0.3, 0.4) is 0 Å². The maximum absolute atomic E-state index is 13.0. The molecule has 0 aliphatic rings. The molecular formula is C10H7BrClFN4. The van der Waals surface area contributed by atoms with Gasteiger partial charge in [-0.15, -0.1) is 0 Å². The van der Waals surface area contributed by atoms with Gasteiger partial charge in [-0.1, -0.05) is 11.6 Å². The number of rotatable bonds is 2. The third-order valence-corrected chi connectivity index (χ3v) is 2.86. The van der Waals surface area contributed by atoms with Crippen molar-refractivity contribution < 1.29 is 4.39 Å². The first-order chi connectivity index (χ1) is 8.06. The van der Waals surface area contributed by atoms with Gasteiger partial charge in [0.1, 0.15) is 17.5 Å². The second-order valence-corrected chi connectivity index (χ2v) is 4.46. The van der Waals surface area contributed by atoms with Crippen molar-refractivity contribution in [2.24, 2.45) is 0 Å². The first-order valence-electron chi connectivity index (χ1n) is 4.55. The Hall–Kier alpha value is -1.40. The second-order valence-electron chi connectivity index (χ2n) is 3.20. The van der Waals surface area contributed by atoms with Gasteiger partial charge in [0, 0.05) is 4.47 Å². The van der Waals surface area contributed by atoms with E-state index in [2.05, 4.69) is 31.2 Å². The molecule has 17 heavy (non-hydrogen) atoms. The molecule has 4 nitrogen and oxygen atoms in total. The van der Waals surface area contributed by atoms with Gasteiger partial charge in [0.05, 0.1) is 23.1 Å². The van der Waals surface area contributed by atoms with E-state index >= 15 is 0 Å². The predicted octanol–water partition coefficient (Wildman–Crippen LogP) is 3.36. The molecule has 0 bridgehead atoms. The van der Waals surface area contributed by atoms with Crippen molar-refractivity contribution in [3.63, 3.8) is 0 Å². The van der Waals surface area contributed by atoms with Gasteiger partial charge in [0.2, 0.25) is 0 Å². The molecule has 7 heteroatoms. The highest BCUT2D eigenvalue weighted by Gasteiger charge is 2.09. The lowest BCUT2D eigenvalue weighted by atomic mass is 10.3. The Kier molecular flexibility index (Phi) is 3.44. The topological polar surface area (TPSA) is 63.8 Å². The van der Waals surface area contributed by atoms with Crippen molar-refractivity contribution in [2.45, 2.75) is 0 Å². The predicted molar refractivity (Wildman–Crippen MR) is 68.8 cm³/mol. The molecular weight excluding hydrogens is 310 g/mol. The number of hydrogen-bond acceptors (Lipinski definition) is 4. The molecule has 0 saturated heterocycles. The highest BCUT2D eigenvalue weighted by molar-refractivity contribution is 9.10. The van der Waals surface area contributed by atoms with Crippen LogP contribution in [0.25, 0.3) is 0 Å². The molecule has 0 saturated carbocycles. The average Bonchev–Trinajstić information content (AvgIpc) is 2.26. The summed E-state index contributed by atoms with van der Waals surface area (Å²) < 4.78 is 13.5. The van der Waals surface area contributed by atoms with Crippen molar-refractivity contribution >= 4 is 44.9 Å². The summed E-state index contributed by atoms with van der Waals surface area (Å²) in [5, 5.41) is 3.17. The Morgan fingerprint density at radius 2 is 2.06 bits per heavy atom. The van der Waals surface area contributed by atoms with Crippen LogP contribution in [0.2, 0.25) is 5.02 Å². The van der Waals surface area contributed by atoms with E-state index in [1.54, 1.807) is 0 Å². The number of halogens is 3. The molecule has 2 rings (SSSR count). The van der Waals surface area contributed by atoms with Crippen LogP contribution >= 0.6 is 27.5 Å². The van der Waals surface area contributed by atoms with E-state index in [1.807, 2.05) is 0 Å².